The number of nitrogens with zero attached hydrogens (tertiary/aromatic N) is 1. The zero-order valence-electron chi connectivity index (χ0n) is 16.8. The third-order valence-electron chi connectivity index (χ3n) is 5.22. The third kappa shape index (κ3) is 5.37. The summed E-state index contributed by atoms with van der Waals surface area (Å²) < 4.78 is 17.2. The maximum absolute atomic E-state index is 6.04. The molecule has 0 amide bonds. The maximum Gasteiger partial charge on any atom is 0.119 e. The van der Waals surface area contributed by atoms with E-state index >= 15 is 0 Å². The summed E-state index contributed by atoms with van der Waals surface area (Å²) in [5.41, 5.74) is 3.65. The van der Waals surface area contributed by atoms with Gasteiger partial charge in [-0.2, -0.15) is 0 Å². The van der Waals surface area contributed by atoms with Gasteiger partial charge in [0, 0.05) is 19.6 Å². The zero-order chi connectivity index (χ0) is 19.9. The molecule has 1 saturated heterocycles. The molecule has 3 aromatic carbocycles. The Labute approximate surface area is 172 Å². The van der Waals surface area contributed by atoms with Crippen molar-refractivity contribution in [1.82, 2.24) is 4.90 Å². The van der Waals surface area contributed by atoms with Crippen LogP contribution in [0.25, 0.3) is 0 Å². The van der Waals surface area contributed by atoms with Crippen LogP contribution >= 0.6 is 0 Å². The van der Waals surface area contributed by atoms with Crippen molar-refractivity contribution in [2.24, 2.45) is 0 Å². The first-order valence-corrected chi connectivity index (χ1v) is 10.0. The summed E-state index contributed by atoms with van der Waals surface area (Å²) in [7, 11) is 1.69. The van der Waals surface area contributed by atoms with Crippen molar-refractivity contribution in [1.29, 1.82) is 0 Å². The van der Waals surface area contributed by atoms with Crippen LogP contribution < -0.4 is 9.47 Å². The van der Waals surface area contributed by atoms with Crippen molar-refractivity contribution >= 4 is 0 Å². The lowest BCUT2D eigenvalue weighted by Crippen LogP contribution is -2.37. The highest BCUT2D eigenvalue weighted by Crippen LogP contribution is 2.26. The first kappa shape index (κ1) is 19.5. The second-order valence-electron chi connectivity index (χ2n) is 7.29. The van der Waals surface area contributed by atoms with Crippen molar-refractivity contribution in [2.45, 2.75) is 19.3 Å². The fraction of sp³-hybridized carbons (Fsp3) is 0.280. The molecule has 29 heavy (non-hydrogen) atoms. The van der Waals surface area contributed by atoms with Crippen molar-refractivity contribution in [3.63, 3.8) is 0 Å². The normalized spacial score (nSPS) is 17.1. The topological polar surface area (TPSA) is 30.9 Å². The van der Waals surface area contributed by atoms with Gasteiger partial charge in [0.25, 0.3) is 0 Å². The van der Waals surface area contributed by atoms with Gasteiger partial charge in [-0.15, -0.1) is 0 Å². The summed E-state index contributed by atoms with van der Waals surface area (Å²) in [5.74, 6) is 1.77. The van der Waals surface area contributed by atoms with E-state index in [0.717, 1.165) is 37.7 Å². The van der Waals surface area contributed by atoms with E-state index in [1.807, 2.05) is 42.5 Å². The highest BCUT2D eigenvalue weighted by Gasteiger charge is 2.22. The fourth-order valence-electron chi connectivity index (χ4n) is 3.56. The standard InChI is InChI=1S/C25H27NO3/c1-27-23-11-7-20(8-12-23)17-26-15-16-28-25(18-26)22-9-13-24(14-10-22)29-19-21-5-3-2-4-6-21/h2-14,25H,15-19H2,1H3/t25-/m1/s1. The summed E-state index contributed by atoms with van der Waals surface area (Å²) in [6, 6.07) is 26.8. The van der Waals surface area contributed by atoms with Gasteiger partial charge in [0.2, 0.25) is 0 Å². The summed E-state index contributed by atoms with van der Waals surface area (Å²) in [5, 5.41) is 0. The lowest BCUT2D eigenvalue weighted by molar-refractivity contribution is -0.0329. The molecule has 4 heteroatoms. The molecule has 1 aliphatic rings. The van der Waals surface area contributed by atoms with Crippen LogP contribution in [0.4, 0.5) is 0 Å². The van der Waals surface area contributed by atoms with Gasteiger partial charge in [0.1, 0.15) is 18.1 Å². The monoisotopic (exact) mass is 389 g/mol. The molecule has 1 aliphatic heterocycles. The van der Waals surface area contributed by atoms with Gasteiger partial charge in [0.05, 0.1) is 19.8 Å². The Bertz CT molecular complexity index is 878. The molecular weight excluding hydrogens is 362 g/mol. The zero-order valence-corrected chi connectivity index (χ0v) is 16.8. The van der Waals surface area contributed by atoms with E-state index < -0.39 is 0 Å². The van der Waals surface area contributed by atoms with Gasteiger partial charge in [-0.25, -0.2) is 0 Å². The SMILES string of the molecule is COc1ccc(CN2CCO[C@@H](c3ccc(OCc4ccccc4)cc3)C2)cc1. The maximum atomic E-state index is 6.04. The molecule has 0 N–H and O–H groups in total. The Kier molecular flexibility index (Phi) is 6.45. The van der Waals surface area contributed by atoms with Crippen molar-refractivity contribution < 1.29 is 14.2 Å². The lowest BCUT2D eigenvalue weighted by Gasteiger charge is -2.33. The largest absolute Gasteiger partial charge is 0.497 e. The first-order valence-electron chi connectivity index (χ1n) is 10.0. The van der Waals surface area contributed by atoms with Gasteiger partial charge >= 0.3 is 0 Å². The number of methoxy groups -OCH3 is 1. The Morgan fingerprint density at radius 3 is 2.31 bits per heavy atom. The Morgan fingerprint density at radius 2 is 1.59 bits per heavy atom. The molecule has 150 valence electrons. The Morgan fingerprint density at radius 1 is 0.862 bits per heavy atom. The van der Waals surface area contributed by atoms with Gasteiger partial charge < -0.3 is 14.2 Å². The van der Waals surface area contributed by atoms with E-state index in [-0.39, 0.29) is 6.10 Å². The predicted molar refractivity (Wildman–Crippen MR) is 114 cm³/mol. The van der Waals surface area contributed by atoms with Crippen LogP contribution in [0, 0.1) is 0 Å². The number of hydrogen-bond donors (Lipinski definition) is 0. The molecule has 4 rings (SSSR count). The molecule has 0 radical (unpaired) electrons. The van der Waals surface area contributed by atoms with E-state index in [2.05, 4.69) is 41.3 Å². The second-order valence-corrected chi connectivity index (χ2v) is 7.29. The average Bonchev–Trinajstić information content (AvgIpc) is 2.79. The molecule has 1 fully saturated rings. The van der Waals surface area contributed by atoms with E-state index in [0.29, 0.717) is 6.61 Å². The molecule has 3 aromatic rings. The molecule has 0 unspecified atom stereocenters. The van der Waals surface area contributed by atoms with Gasteiger partial charge in [0.15, 0.2) is 0 Å². The fourth-order valence-corrected chi connectivity index (χ4v) is 3.56. The molecule has 1 heterocycles. The first-order chi connectivity index (χ1) is 14.3. The Hall–Kier alpha value is -2.82. The quantitative estimate of drug-likeness (QED) is 0.578. The minimum absolute atomic E-state index is 0.0881. The summed E-state index contributed by atoms with van der Waals surface area (Å²) in [4.78, 5) is 2.44. The Balaban J connectivity index is 1.32. The number of benzene rings is 3. The van der Waals surface area contributed by atoms with Crippen LogP contribution in [0.5, 0.6) is 11.5 Å². The molecule has 0 saturated carbocycles. The summed E-state index contributed by atoms with van der Waals surface area (Å²) in [6.07, 6.45) is 0.0881. The van der Waals surface area contributed by atoms with Crippen molar-refractivity contribution in [2.75, 3.05) is 26.8 Å². The van der Waals surface area contributed by atoms with Crippen LogP contribution in [0.15, 0.2) is 78.9 Å². The van der Waals surface area contributed by atoms with E-state index in [1.165, 1.54) is 16.7 Å². The van der Waals surface area contributed by atoms with Gasteiger partial charge in [-0.05, 0) is 41.0 Å². The van der Waals surface area contributed by atoms with E-state index in [1.54, 1.807) is 7.11 Å². The highest BCUT2D eigenvalue weighted by atomic mass is 16.5. The van der Waals surface area contributed by atoms with Crippen LogP contribution in [0.3, 0.4) is 0 Å². The molecule has 4 nitrogen and oxygen atoms in total. The molecule has 0 aromatic heterocycles. The van der Waals surface area contributed by atoms with E-state index in [9.17, 15) is 0 Å². The van der Waals surface area contributed by atoms with Crippen LogP contribution in [0.1, 0.15) is 22.8 Å². The minimum atomic E-state index is 0.0881. The number of rotatable bonds is 7. The molecule has 1 atom stereocenters. The smallest absolute Gasteiger partial charge is 0.119 e. The third-order valence-corrected chi connectivity index (χ3v) is 5.22. The molecule has 0 spiro atoms. The van der Waals surface area contributed by atoms with Crippen LogP contribution in [0.2, 0.25) is 0 Å². The predicted octanol–water partition coefficient (Wildman–Crippen LogP) is 4.85. The molecular formula is C25H27NO3. The number of hydrogen-bond acceptors (Lipinski definition) is 4. The lowest BCUT2D eigenvalue weighted by atomic mass is 10.1. The van der Waals surface area contributed by atoms with E-state index in [4.69, 9.17) is 14.2 Å². The molecule has 0 bridgehead atoms. The van der Waals surface area contributed by atoms with Crippen LogP contribution in [-0.4, -0.2) is 31.7 Å². The van der Waals surface area contributed by atoms with Gasteiger partial charge in [-0.3, -0.25) is 4.90 Å². The molecule has 0 aliphatic carbocycles. The number of morpholine rings is 1. The summed E-state index contributed by atoms with van der Waals surface area (Å²) in [6.45, 7) is 4.07. The minimum Gasteiger partial charge on any atom is -0.497 e. The average molecular weight is 389 g/mol. The van der Waals surface area contributed by atoms with Crippen LogP contribution in [-0.2, 0) is 17.9 Å². The highest BCUT2D eigenvalue weighted by molar-refractivity contribution is 5.30. The number of ether oxygens (including phenoxy) is 3. The van der Waals surface area contributed by atoms with Crippen molar-refractivity contribution in [3.8, 4) is 11.5 Å². The second kappa shape index (κ2) is 9.59. The van der Waals surface area contributed by atoms with Crippen molar-refractivity contribution in [3.05, 3.63) is 95.6 Å². The summed E-state index contributed by atoms with van der Waals surface area (Å²) >= 11 is 0. The van der Waals surface area contributed by atoms with Gasteiger partial charge in [-0.1, -0.05) is 54.6 Å².